The molecule has 0 radical (unpaired) electrons. The van der Waals surface area contributed by atoms with Gasteiger partial charge in [0.2, 0.25) is 0 Å². The highest BCUT2D eigenvalue weighted by Crippen LogP contribution is 2.11. The Balaban J connectivity index is 1.35. The largest absolute Gasteiger partial charge is 0.335 e. The van der Waals surface area contributed by atoms with Crippen LogP contribution in [-0.4, -0.2) is 72.6 Å². The SMILES string of the molecule is Cc1ccc2nc(C(=O)N3CCN(CCn4cncn4)CC3)cn2c1. The van der Waals surface area contributed by atoms with Crippen LogP contribution in [0, 0.1) is 6.92 Å². The number of aryl methyl sites for hydroxylation is 1. The molecule has 4 rings (SSSR count). The van der Waals surface area contributed by atoms with Gasteiger partial charge in [0.1, 0.15) is 24.0 Å². The fourth-order valence-corrected chi connectivity index (χ4v) is 3.13. The summed E-state index contributed by atoms with van der Waals surface area (Å²) in [5, 5.41) is 4.11. The molecule has 25 heavy (non-hydrogen) atoms. The topological polar surface area (TPSA) is 71.6 Å². The summed E-state index contributed by atoms with van der Waals surface area (Å²) in [7, 11) is 0. The Morgan fingerprint density at radius 3 is 2.72 bits per heavy atom. The average Bonchev–Trinajstić information content (AvgIpc) is 3.29. The lowest BCUT2D eigenvalue weighted by Gasteiger charge is -2.34. The molecule has 0 bridgehead atoms. The Morgan fingerprint density at radius 2 is 1.96 bits per heavy atom. The van der Waals surface area contributed by atoms with Crippen molar-refractivity contribution in [3.63, 3.8) is 0 Å². The minimum atomic E-state index is 0.0114. The summed E-state index contributed by atoms with van der Waals surface area (Å²) in [5.74, 6) is 0.0114. The lowest BCUT2D eigenvalue weighted by molar-refractivity contribution is 0.0627. The number of pyridine rings is 1. The van der Waals surface area contributed by atoms with E-state index in [0.717, 1.165) is 50.5 Å². The fourth-order valence-electron chi connectivity index (χ4n) is 3.13. The van der Waals surface area contributed by atoms with Crippen LogP contribution in [0.5, 0.6) is 0 Å². The predicted molar refractivity (Wildman–Crippen MR) is 92.3 cm³/mol. The first-order chi connectivity index (χ1) is 12.2. The first kappa shape index (κ1) is 15.8. The third-order valence-corrected chi connectivity index (χ3v) is 4.59. The van der Waals surface area contributed by atoms with Crippen molar-refractivity contribution in [1.29, 1.82) is 0 Å². The van der Waals surface area contributed by atoms with Crippen molar-refractivity contribution in [2.45, 2.75) is 13.5 Å². The maximum atomic E-state index is 12.7. The molecule has 3 aromatic heterocycles. The molecule has 0 saturated carbocycles. The van der Waals surface area contributed by atoms with Crippen LogP contribution in [-0.2, 0) is 6.54 Å². The molecule has 1 saturated heterocycles. The number of piperazine rings is 1. The Kier molecular flexibility index (Phi) is 4.19. The molecule has 8 heteroatoms. The second-order valence-electron chi connectivity index (χ2n) is 6.39. The van der Waals surface area contributed by atoms with Crippen molar-refractivity contribution in [2.75, 3.05) is 32.7 Å². The number of hydrogen-bond acceptors (Lipinski definition) is 5. The fraction of sp³-hybridized carbons (Fsp3) is 0.412. The molecule has 1 aliphatic heterocycles. The summed E-state index contributed by atoms with van der Waals surface area (Å²) in [6, 6.07) is 3.94. The lowest BCUT2D eigenvalue weighted by Crippen LogP contribution is -2.49. The van der Waals surface area contributed by atoms with Gasteiger partial charge in [0.05, 0.1) is 6.54 Å². The molecule has 8 nitrogen and oxygen atoms in total. The Bertz CT molecular complexity index is 862. The molecule has 1 aliphatic rings. The van der Waals surface area contributed by atoms with E-state index in [4.69, 9.17) is 0 Å². The molecular formula is C17H21N7O. The minimum absolute atomic E-state index is 0.0114. The van der Waals surface area contributed by atoms with E-state index in [2.05, 4.69) is 20.0 Å². The zero-order valence-corrected chi connectivity index (χ0v) is 14.2. The van der Waals surface area contributed by atoms with Gasteiger partial charge < -0.3 is 9.30 Å². The van der Waals surface area contributed by atoms with Crippen LogP contribution < -0.4 is 0 Å². The zero-order chi connectivity index (χ0) is 17.2. The van der Waals surface area contributed by atoms with Crippen LogP contribution >= 0.6 is 0 Å². The smallest absolute Gasteiger partial charge is 0.274 e. The van der Waals surface area contributed by atoms with Crippen molar-refractivity contribution in [3.8, 4) is 0 Å². The molecule has 130 valence electrons. The lowest BCUT2D eigenvalue weighted by atomic mass is 10.3. The van der Waals surface area contributed by atoms with Crippen LogP contribution in [0.25, 0.3) is 5.65 Å². The van der Waals surface area contributed by atoms with Gasteiger partial charge in [-0.15, -0.1) is 0 Å². The number of nitrogens with zero attached hydrogens (tertiary/aromatic N) is 7. The number of hydrogen-bond donors (Lipinski definition) is 0. The molecular weight excluding hydrogens is 318 g/mol. The van der Waals surface area contributed by atoms with Crippen molar-refractivity contribution in [2.24, 2.45) is 0 Å². The third-order valence-electron chi connectivity index (χ3n) is 4.59. The number of fused-ring (bicyclic) bond motifs is 1. The van der Waals surface area contributed by atoms with Gasteiger partial charge in [0.25, 0.3) is 5.91 Å². The van der Waals surface area contributed by atoms with Crippen molar-refractivity contribution >= 4 is 11.6 Å². The number of rotatable bonds is 4. The van der Waals surface area contributed by atoms with Crippen LogP contribution in [0.4, 0.5) is 0 Å². The van der Waals surface area contributed by atoms with Gasteiger partial charge in [0.15, 0.2) is 0 Å². The Labute approximate surface area is 145 Å². The Morgan fingerprint density at radius 1 is 1.12 bits per heavy atom. The number of carbonyl (C=O) groups excluding carboxylic acids is 1. The molecule has 0 aliphatic carbocycles. The zero-order valence-electron chi connectivity index (χ0n) is 14.2. The van der Waals surface area contributed by atoms with Crippen molar-refractivity contribution in [1.82, 2.24) is 33.9 Å². The van der Waals surface area contributed by atoms with E-state index >= 15 is 0 Å². The van der Waals surface area contributed by atoms with Gasteiger partial charge in [0, 0.05) is 45.1 Å². The summed E-state index contributed by atoms with van der Waals surface area (Å²) in [5.41, 5.74) is 2.46. The number of imidazole rings is 1. The molecule has 1 fully saturated rings. The first-order valence-corrected chi connectivity index (χ1v) is 8.48. The van der Waals surface area contributed by atoms with Gasteiger partial charge >= 0.3 is 0 Å². The van der Waals surface area contributed by atoms with Crippen molar-refractivity contribution in [3.05, 3.63) is 48.4 Å². The molecule has 0 atom stereocenters. The first-order valence-electron chi connectivity index (χ1n) is 8.48. The highest BCUT2D eigenvalue weighted by atomic mass is 16.2. The van der Waals surface area contributed by atoms with E-state index in [1.807, 2.05) is 45.4 Å². The monoisotopic (exact) mass is 339 g/mol. The molecule has 0 N–H and O–H groups in total. The minimum Gasteiger partial charge on any atom is -0.335 e. The quantitative estimate of drug-likeness (QED) is 0.699. The van der Waals surface area contributed by atoms with E-state index in [9.17, 15) is 4.79 Å². The highest BCUT2D eigenvalue weighted by molar-refractivity contribution is 5.93. The molecule has 0 unspecified atom stereocenters. The van der Waals surface area contributed by atoms with E-state index in [1.54, 1.807) is 12.7 Å². The standard InChI is InChI=1S/C17H21N7O/c1-14-2-3-16-20-15(11-23(16)10-14)17(25)22-7-4-21(5-8-22)6-9-24-13-18-12-19-24/h2-3,10-13H,4-9H2,1H3. The van der Waals surface area contributed by atoms with E-state index in [1.165, 1.54) is 0 Å². The highest BCUT2D eigenvalue weighted by Gasteiger charge is 2.23. The summed E-state index contributed by atoms with van der Waals surface area (Å²) < 4.78 is 3.74. The number of carbonyl (C=O) groups is 1. The summed E-state index contributed by atoms with van der Waals surface area (Å²) in [6.45, 7) is 6.95. The summed E-state index contributed by atoms with van der Waals surface area (Å²) >= 11 is 0. The maximum absolute atomic E-state index is 12.7. The molecule has 4 heterocycles. The second kappa shape index (κ2) is 6.64. The van der Waals surface area contributed by atoms with Gasteiger partial charge in [-0.3, -0.25) is 14.4 Å². The molecule has 3 aromatic rings. The van der Waals surface area contributed by atoms with Gasteiger partial charge in [-0.1, -0.05) is 6.07 Å². The number of aromatic nitrogens is 5. The summed E-state index contributed by atoms with van der Waals surface area (Å²) in [4.78, 5) is 25.4. The van der Waals surface area contributed by atoms with E-state index in [-0.39, 0.29) is 5.91 Å². The van der Waals surface area contributed by atoms with Crippen LogP contribution in [0.1, 0.15) is 16.1 Å². The van der Waals surface area contributed by atoms with Gasteiger partial charge in [-0.25, -0.2) is 9.97 Å². The molecule has 1 amide bonds. The van der Waals surface area contributed by atoms with Gasteiger partial charge in [-0.2, -0.15) is 5.10 Å². The van der Waals surface area contributed by atoms with E-state index < -0.39 is 0 Å². The molecule has 0 aromatic carbocycles. The Hall–Kier alpha value is -2.74. The van der Waals surface area contributed by atoms with Crippen LogP contribution in [0.15, 0.2) is 37.2 Å². The van der Waals surface area contributed by atoms with E-state index in [0.29, 0.717) is 5.69 Å². The second-order valence-corrected chi connectivity index (χ2v) is 6.39. The average molecular weight is 339 g/mol. The van der Waals surface area contributed by atoms with Crippen LogP contribution in [0.2, 0.25) is 0 Å². The van der Waals surface area contributed by atoms with Crippen LogP contribution in [0.3, 0.4) is 0 Å². The third kappa shape index (κ3) is 3.39. The number of amides is 1. The van der Waals surface area contributed by atoms with Gasteiger partial charge in [-0.05, 0) is 18.6 Å². The van der Waals surface area contributed by atoms with Crippen molar-refractivity contribution < 1.29 is 4.79 Å². The summed E-state index contributed by atoms with van der Waals surface area (Å²) in [6.07, 6.45) is 7.08. The normalized spacial score (nSPS) is 15.8. The maximum Gasteiger partial charge on any atom is 0.274 e. The predicted octanol–water partition coefficient (Wildman–Crippen LogP) is 0.692. The molecule has 0 spiro atoms.